The number of aliphatic hydroxyl groups is 1. The Morgan fingerprint density at radius 2 is 1.50 bits per heavy atom. The normalized spacial score (nSPS) is 27.6. The van der Waals surface area contributed by atoms with Gasteiger partial charge in [-0.15, -0.1) is 0 Å². The first-order valence-electron chi connectivity index (χ1n) is 10.6. The molecule has 1 saturated carbocycles. The molecule has 0 aromatic rings. The average molecular weight is 339 g/mol. The van der Waals surface area contributed by atoms with E-state index >= 15 is 0 Å². The molecule has 0 aromatic heterocycles. The molecule has 2 aliphatic heterocycles. The van der Waals surface area contributed by atoms with Gasteiger partial charge in [0.15, 0.2) is 0 Å². The summed E-state index contributed by atoms with van der Waals surface area (Å²) < 4.78 is 0. The molecule has 0 aromatic carbocycles. The third-order valence-electron chi connectivity index (χ3n) is 7.02. The molecule has 3 heteroatoms. The Hall–Kier alpha value is -0.120. The Kier molecular flexibility index (Phi) is 7.16. The van der Waals surface area contributed by atoms with E-state index < -0.39 is 0 Å². The number of piperidine rings is 2. The van der Waals surface area contributed by atoms with Gasteiger partial charge < -0.3 is 14.9 Å². The van der Waals surface area contributed by atoms with E-state index in [1.54, 1.807) is 0 Å². The van der Waals surface area contributed by atoms with Crippen LogP contribution in [-0.2, 0) is 0 Å². The summed E-state index contributed by atoms with van der Waals surface area (Å²) in [6.45, 7) is 18.3. The highest BCUT2D eigenvalue weighted by Gasteiger charge is 2.55. The molecule has 0 amide bonds. The molecule has 1 N–H and O–H groups in total. The lowest BCUT2D eigenvalue weighted by atomic mass is 9.52. The number of hydrogen-bond donors (Lipinski definition) is 1. The summed E-state index contributed by atoms with van der Waals surface area (Å²) in [5.74, 6) is 1.34. The summed E-state index contributed by atoms with van der Waals surface area (Å²) in [5, 5.41) is 10.6. The maximum Gasteiger partial charge on any atom is 0.0681 e. The van der Waals surface area contributed by atoms with Crippen LogP contribution in [0.3, 0.4) is 0 Å². The molecule has 1 spiro atoms. The van der Waals surface area contributed by atoms with Crippen molar-refractivity contribution in [3.63, 3.8) is 0 Å². The van der Waals surface area contributed by atoms with Gasteiger partial charge in [0.1, 0.15) is 0 Å². The molecule has 0 radical (unpaired) electrons. The van der Waals surface area contributed by atoms with E-state index in [0.29, 0.717) is 11.3 Å². The van der Waals surface area contributed by atoms with E-state index in [9.17, 15) is 5.11 Å². The molecule has 3 nitrogen and oxygen atoms in total. The van der Waals surface area contributed by atoms with Gasteiger partial charge in [-0.2, -0.15) is 0 Å². The molecule has 3 rings (SSSR count). The molecular weight excluding hydrogens is 296 g/mol. The number of rotatable bonds is 4. The molecule has 0 atom stereocenters. The van der Waals surface area contributed by atoms with Gasteiger partial charge in [-0.05, 0) is 88.5 Å². The highest BCUT2D eigenvalue weighted by atomic mass is 16.3. The van der Waals surface area contributed by atoms with Gasteiger partial charge in [-0.1, -0.05) is 34.6 Å². The zero-order valence-electron chi connectivity index (χ0n) is 17.0. The standard InChI is InChI=1S/C19H36N2O.C2H6/c1-4-20-9-5-17(6-10-20)13-21-11-7-18(8-12-21)14-19(22,15-18)16(2)3;1-2/h16-17,22H,4-15H2,1-3H3;1-2H3. The first-order chi connectivity index (χ1) is 11.4. The smallest absolute Gasteiger partial charge is 0.0681 e. The van der Waals surface area contributed by atoms with Crippen LogP contribution in [0.5, 0.6) is 0 Å². The summed E-state index contributed by atoms with van der Waals surface area (Å²) in [4.78, 5) is 5.30. The van der Waals surface area contributed by atoms with E-state index in [0.717, 1.165) is 18.8 Å². The van der Waals surface area contributed by atoms with Gasteiger partial charge in [0.05, 0.1) is 5.60 Å². The van der Waals surface area contributed by atoms with Crippen molar-refractivity contribution < 1.29 is 5.11 Å². The van der Waals surface area contributed by atoms with Crippen LogP contribution >= 0.6 is 0 Å². The zero-order chi connectivity index (χ0) is 17.8. The Morgan fingerprint density at radius 3 is 1.96 bits per heavy atom. The third-order valence-corrected chi connectivity index (χ3v) is 7.02. The van der Waals surface area contributed by atoms with Crippen LogP contribution in [0, 0.1) is 17.3 Å². The second-order valence-electron chi connectivity index (χ2n) is 8.79. The third kappa shape index (κ3) is 4.53. The molecule has 3 aliphatic rings. The fraction of sp³-hybridized carbons (Fsp3) is 1.00. The summed E-state index contributed by atoms with van der Waals surface area (Å²) in [5.41, 5.74) is 0.135. The molecule has 24 heavy (non-hydrogen) atoms. The fourth-order valence-corrected chi connectivity index (χ4v) is 5.07. The second-order valence-corrected chi connectivity index (χ2v) is 8.79. The van der Waals surface area contributed by atoms with Crippen LogP contribution < -0.4 is 0 Å². The van der Waals surface area contributed by atoms with Crippen molar-refractivity contribution in [3.05, 3.63) is 0 Å². The monoisotopic (exact) mass is 338 g/mol. The second kappa shape index (κ2) is 8.51. The first-order valence-corrected chi connectivity index (χ1v) is 10.6. The zero-order valence-corrected chi connectivity index (χ0v) is 17.0. The van der Waals surface area contributed by atoms with Gasteiger partial charge in [-0.25, -0.2) is 0 Å². The Bertz CT molecular complexity index is 358. The van der Waals surface area contributed by atoms with Crippen molar-refractivity contribution in [1.82, 2.24) is 9.80 Å². The summed E-state index contributed by atoms with van der Waals surface area (Å²) >= 11 is 0. The van der Waals surface area contributed by atoms with Crippen LogP contribution in [0.25, 0.3) is 0 Å². The van der Waals surface area contributed by atoms with Crippen molar-refractivity contribution in [2.24, 2.45) is 17.3 Å². The van der Waals surface area contributed by atoms with E-state index in [2.05, 4.69) is 30.6 Å². The molecular formula is C21H42N2O. The van der Waals surface area contributed by atoms with Crippen molar-refractivity contribution in [3.8, 4) is 0 Å². The molecule has 3 fully saturated rings. The predicted octanol–water partition coefficient (Wildman–Crippen LogP) is 4.01. The highest BCUT2D eigenvalue weighted by molar-refractivity contribution is 5.07. The van der Waals surface area contributed by atoms with Crippen LogP contribution in [0.15, 0.2) is 0 Å². The van der Waals surface area contributed by atoms with E-state index in [-0.39, 0.29) is 5.60 Å². The lowest BCUT2D eigenvalue weighted by molar-refractivity contribution is -0.173. The minimum atomic E-state index is -0.352. The maximum atomic E-state index is 10.6. The molecule has 2 heterocycles. The highest BCUT2D eigenvalue weighted by Crippen LogP contribution is 2.57. The molecule has 2 saturated heterocycles. The SMILES string of the molecule is CC.CCN1CCC(CN2CCC3(CC2)CC(O)(C(C)C)C3)CC1. The summed E-state index contributed by atoms with van der Waals surface area (Å²) in [6.07, 6.45) is 7.53. The first kappa shape index (κ1) is 20.2. The minimum Gasteiger partial charge on any atom is -0.390 e. The van der Waals surface area contributed by atoms with Gasteiger partial charge in [-0.3, -0.25) is 0 Å². The van der Waals surface area contributed by atoms with Crippen LogP contribution in [0.4, 0.5) is 0 Å². The van der Waals surface area contributed by atoms with Gasteiger partial charge >= 0.3 is 0 Å². The molecule has 142 valence electrons. The van der Waals surface area contributed by atoms with Gasteiger partial charge in [0.25, 0.3) is 0 Å². The molecule has 0 unspecified atom stereocenters. The van der Waals surface area contributed by atoms with E-state index in [1.807, 2.05) is 13.8 Å². The minimum absolute atomic E-state index is 0.352. The van der Waals surface area contributed by atoms with Crippen LogP contribution in [0.1, 0.15) is 73.1 Å². The van der Waals surface area contributed by atoms with Crippen molar-refractivity contribution in [1.29, 1.82) is 0 Å². The summed E-state index contributed by atoms with van der Waals surface area (Å²) in [7, 11) is 0. The predicted molar refractivity (Wildman–Crippen MR) is 103 cm³/mol. The largest absolute Gasteiger partial charge is 0.390 e. The van der Waals surface area contributed by atoms with E-state index in [4.69, 9.17) is 0 Å². The quantitative estimate of drug-likeness (QED) is 0.839. The topological polar surface area (TPSA) is 26.7 Å². The fourth-order valence-electron chi connectivity index (χ4n) is 5.07. The maximum absolute atomic E-state index is 10.6. The lowest BCUT2D eigenvalue weighted by Gasteiger charge is -2.58. The van der Waals surface area contributed by atoms with E-state index in [1.165, 1.54) is 65.0 Å². The molecule has 0 bridgehead atoms. The van der Waals surface area contributed by atoms with Crippen LogP contribution in [0.2, 0.25) is 0 Å². The Balaban J connectivity index is 0.00000100. The summed E-state index contributed by atoms with van der Waals surface area (Å²) in [6, 6.07) is 0. The van der Waals surface area contributed by atoms with Crippen molar-refractivity contribution in [2.75, 3.05) is 39.3 Å². The number of hydrogen-bond acceptors (Lipinski definition) is 3. The average Bonchev–Trinajstić information content (AvgIpc) is 2.58. The van der Waals surface area contributed by atoms with Gasteiger partial charge in [0.2, 0.25) is 0 Å². The Labute approximate surface area is 150 Å². The Morgan fingerprint density at radius 1 is 0.958 bits per heavy atom. The number of nitrogens with zero attached hydrogens (tertiary/aromatic N) is 2. The van der Waals surface area contributed by atoms with Gasteiger partial charge in [0, 0.05) is 6.54 Å². The van der Waals surface area contributed by atoms with Crippen LogP contribution in [-0.4, -0.2) is 59.8 Å². The molecule has 1 aliphatic carbocycles. The lowest BCUT2D eigenvalue weighted by Crippen LogP contribution is -2.58. The van der Waals surface area contributed by atoms with Crippen molar-refractivity contribution >= 4 is 0 Å². The number of likely N-dealkylation sites (tertiary alicyclic amines) is 2. The van der Waals surface area contributed by atoms with Crippen molar-refractivity contribution in [2.45, 2.75) is 78.7 Å².